The smallest absolute Gasteiger partial charge is 0.243 e. The van der Waals surface area contributed by atoms with Crippen molar-refractivity contribution < 1.29 is 8.42 Å². The maximum atomic E-state index is 12.8. The molecular weight excluding hydrogens is 284 g/mol. The van der Waals surface area contributed by atoms with E-state index in [2.05, 4.69) is 19.2 Å². The largest absolute Gasteiger partial charge is 0.318 e. The molecule has 2 unspecified atom stereocenters. The van der Waals surface area contributed by atoms with Crippen LogP contribution in [0.4, 0.5) is 0 Å². The molecule has 2 atom stereocenters. The van der Waals surface area contributed by atoms with Crippen molar-refractivity contribution in [2.75, 3.05) is 20.1 Å². The summed E-state index contributed by atoms with van der Waals surface area (Å²) in [6, 6.07) is 7.49. The van der Waals surface area contributed by atoms with Crippen LogP contribution in [0.15, 0.2) is 29.2 Å². The van der Waals surface area contributed by atoms with Gasteiger partial charge in [-0.1, -0.05) is 26.0 Å². The van der Waals surface area contributed by atoms with E-state index in [0.717, 1.165) is 19.3 Å². The van der Waals surface area contributed by atoms with Crippen molar-refractivity contribution in [3.05, 3.63) is 29.8 Å². The van der Waals surface area contributed by atoms with E-state index >= 15 is 0 Å². The Labute approximate surface area is 128 Å². The quantitative estimate of drug-likeness (QED) is 0.878. The van der Waals surface area contributed by atoms with Gasteiger partial charge in [-0.15, -0.1) is 0 Å². The van der Waals surface area contributed by atoms with Crippen molar-refractivity contribution in [3.8, 4) is 0 Å². The van der Waals surface area contributed by atoms with Crippen LogP contribution in [0.3, 0.4) is 0 Å². The zero-order valence-corrected chi connectivity index (χ0v) is 14.0. The summed E-state index contributed by atoms with van der Waals surface area (Å²) in [7, 11) is -1.50. The summed E-state index contributed by atoms with van der Waals surface area (Å²) >= 11 is 0. The first kappa shape index (κ1) is 16.5. The second-order valence-electron chi connectivity index (χ2n) is 5.85. The van der Waals surface area contributed by atoms with Crippen molar-refractivity contribution >= 4 is 10.0 Å². The van der Waals surface area contributed by atoms with Gasteiger partial charge in [-0.2, -0.15) is 4.31 Å². The van der Waals surface area contributed by atoms with Crippen LogP contribution in [-0.4, -0.2) is 38.9 Å². The van der Waals surface area contributed by atoms with Gasteiger partial charge in [-0.05, 0) is 49.9 Å². The highest BCUT2D eigenvalue weighted by atomic mass is 32.2. The fourth-order valence-corrected chi connectivity index (χ4v) is 4.60. The minimum Gasteiger partial charge on any atom is -0.318 e. The summed E-state index contributed by atoms with van der Waals surface area (Å²) in [4.78, 5) is 0.414. The molecular formula is C16H26N2O2S. The van der Waals surface area contributed by atoms with Gasteiger partial charge < -0.3 is 5.32 Å². The van der Waals surface area contributed by atoms with Crippen LogP contribution < -0.4 is 5.32 Å². The van der Waals surface area contributed by atoms with E-state index < -0.39 is 10.0 Å². The number of rotatable bonds is 6. The van der Waals surface area contributed by atoms with Crippen molar-refractivity contribution in [1.82, 2.24) is 9.62 Å². The zero-order chi connectivity index (χ0) is 15.5. The van der Waals surface area contributed by atoms with Gasteiger partial charge in [0.15, 0.2) is 0 Å². The molecule has 0 radical (unpaired) electrons. The van der Waals surface area contributed by atoms with Gasteiger partial charge in [-0.3, -0.25) is 0 Å². The third kappa shape index (κ3) is 3.47. The summed E-state index contributed by atoms with van der Waals surface area (Å²) in [5.41, 5.74) is 1.20. The molecule has 1 aliphatic rings. The van der Waals surface area contributed by atoms with Gasteiger partial charge in [-0.25, -0.2) is 8.42 Å². The van der Waals surface area contributed by atoms with E-state index in [0.29, 0.717) is 23.9 Å². The number of hydrogen-bond donors (Lipinski definition) is 1. The third-order valence-electron chi connectivity index (χ3n) is 4.43. The lowest BCUT2D eigenvalue weighted by molar-refractivity contribution is 0.379. The lowest BCUT2D eigenvalue weighted by Gasteiger charge is -2.24. The maximum absolute atomic E-state index is 12.8. The van der Waals surface area contributed by atoms with E-state index in [4.69, 9.17) is 0 Å². The Balaban J connectivity index is 2.23. The standard InChI is InChI=1S/C16H26N2O2S/c1-4-13(2)14-7-9-16(10-8-14)21(19,20)18-11-5-6-15(18)12-17-3/h7-10,13,15,17H,4-6,11-12H2,1-3H3. The number of nitrogens with zero attached hydrogens (tertiary/aromatic N) is 1. The molecule has 4 nitrogen and oxygen atoms in total. The fraction of sp³-hybridized carbons (Fsp3) is 0.625. The average Bonchev–Trinajstić information content (AvgIpc) is 2.96. The molecule has 0 bridgehead atoms. The molecule has 1 heterocycles. The van der Waals surface area contributed by atoms with Crippen LogP contribution in [0.25, 0.3) is 0 Å². The SMILES string of the molecule is CCC(C)c1ccc(S(=O)(=O)N2CCCC2CNC)cc1. The number of sulfonamides is 1. The van der Waals surface area contributed by atoms with Crippen LogP contribution in [0.1, 0.15) is 44.6 Å². The van der Waals surface area contributed by atoms with Crippen molar-refractivity contribution in [2.45, 2.75) is 50.0 Å². The molecule has 1 aromatic rings. The minimum atomic E-state index is -3.37. The van der Waals surface area contributed by atoms with Crippen LogP contribution in [0, 0.1) is 0 Å². The Bertz CT molecular complexity index is 554. The number of hydrogen-bond acceptors (Lipinski definition) is 3. The van der Waals surface area contributed by atoms with E-state index in [1.54, 1.807) is 16.4 Å². The Morgan fingerprint density at radius 1 is 1.33 bits per heavy atom. The first-order valence-corrected chi connectivity index (χ1v) is 9.21. The predicted molar refractivity (Wildman–Crippen MR) is 86.0 cm³/mol. The van der Waals surface area contributed by atoms with Crippen molar-refractivity contribution in [3.63, 3.8) is 0 Å². The Hall–Kier alpha value is -0.910. The van der Waals surface area contributed by atoms with Gasteiger partial charge in [0.25, 0.3) is 0 Å². The van der Waals surface area contributed by atoms with Crippen LogP contribution in [0.5, 0.6) is 0 Å². The molecule has 5 heteroatoms. The Morgan fingerprint density at radius 3 is 2.57 bits per heavy atom. The van der Waals surface area contributed by atoms with E-state index in [9.17, 15) is 8.42 Å². The van der Waals surface area contributed by atoms with E-state index in [-0.39, 0.29) is 6.04 Å². The first-order chi connectivity index (χ1) is 10.0. The summed E-state index contributed by atoms with van der Waals surface area (Å²) in [6.45, 7) is 5.64. The lowest BCUT2D eigenvalue weighted by Crippen LogP contribution is -2.40. The van der Waals surface area contributed by atoms with E-state index in [1.807, 2.05) is 19.2 Å². The minimum absolute atomic E-state index is 0.0780. The van der Waals surface area contributed by atoms with E-state index in [1.165, 1.54) is 5.56 Å². The molecule has 1 saturated heterocycles. The summed E-state index contributed by atoms with van der Waals surface area (Å²) < 4.78 is 27.2. The Kier molecular flexibility index (Phi) is 5.41. The molecule has 1 fully saturated rings. The molecule has 1 aliphatic heterocycles. The Morgan fingerprint density at radius 2 is 2.00 bits per heavy atom. The third-order valence-corrected chi connectivity index (χ3v) is 6.40. The van der Waals surface area contributed by atoms with Gasteiger partial charge >= 0.3 is 0 Å². The van der Waals surface area contributed by atoms with Crippen molar-refractivity contribution in [1.29, 1.82) is 0 Å². The molecule has 1 N–H and O–H groups in total. The summed E-state index contributed by atoms with van der Waals surface area (Å²) in [6.07, 6.45) is 2.93. The number of benzene rings is 1. The van der Waals surface area contributed by atoms with Crippen LogP contribution in [0.2, 0.25) is 0 Å². The molecule has 0 aliphatic carbocycles. The van der Waals surface area contributed by atoms with Crippen LogP contribution >= 0.6 is 0 Å². The second-order valence-corrected chi connectivity index (χ2v) is 7.74. The highest BCUT2D eigenvalue weighted by molar-refractivity contribution is 7.89. The molecule has 118 valence electrons. The molecule has 0 saturated carbocycles. The number of nitrogens with one attached hydrogen (secondary N) is 1. The molecule has 0 aromatic heterocycles. The summed E-state index contributed by atoms with van der Waals surface area (Å²) in [5, 5.41) is 3.09. The predicted octanol–water partition coefficient (Wildman–Crippen LogP) is 2.57. The lowest BCUT2D eigenvalue weighted by atomic mass is 9.99. The summed E-state index contributed by atoms with van der Waals surface area (Å²) in [5.74, 6) is 0.464. The monoisotopic (exact) mass is 310 g/mol. The molecule has 0 spiro atoms. The van der Waals surface area contributed by atoms with Crippen molar-refractivity contribution in [2.24, 2.45) is 0 Å². The topological polar surface area (TPSA) is 49.4 Å². The van der Waals surface area contributed by atoms with Gasteiger partial charge in [0.1, 0.15) is 0 Å². The highest BCUT2D eigenvalue weighted by Gasteiger charge is 2.34. The second kappa shape index (κ2) is 6.90. The van der Waals surface area contributed by atoms with Gasteiger partial charge in [0, 0.05) is 19.1 Å². The van der Waals surface area contributed by atoms with Gasteiger partial charge in [0.2, 0.25) is 10.0 Å². The first-order valence-electron chi connectivity index (χ1n) is 7.77. The number of likely N-dealkylation sites (N-methyl/N-ethyl adjacent to an activating group) is 1. The molecule has 21 heavy (non-hydrogen) atoms. The van der Waals surface area contributed by atoms with Gasteiger partial charge in [0.05, 0.1) is 4.90 Å². The van der Waals surface area contributed by atoms with Crippen LogP contribution in [-0.2, 0) is 10.0 Å². The molecule has 2 rings (SSSR count). The maximum Gasteiger partial charge on any atom is 0.243 e. The average molecular weight is 310 g/mol. The highest BCUT2D eigenvalue weighted by Crippen LogP contribution is 2.27. The molecule has 1 aromatic carbocycles. The zero-order valence-electron chi connectivity index (χ0n) is 13.2. The normalized spacial score (nSPS) is 21.6. The molecule has 0 amide bonds. The fourth-order valence-electron chi connectivity index (χ4n) is 2.90.